The Kier molecular flexibility index (Phi) is 5.57. The third-order valence-corrected chi connectivity index (χ3v) is 3.57. The maximum atomic E-state index is 12.0. The van der Waals surface area contributed by atoms with Crippen LogP contribution < -0.4 is 0 Å². The van der Waals surface area contributed by atoms with Crippen LogP contribution in [0.15, 0.2) is 0 Å². The number of piperidine rings is 1. The highest BCUT2D eigenvalue weighted by Gasteiger charge is 2.31. The molecule has 1 aliphatic heterocycles. The summed E-state index contributed by atoms with van der Waals surface area (Å²) in [6.07, 6.45) is 1.55. The Morgan fingerprint density at radius 1 is 1.50 bits per heavy atom. The Labute approximate surface area is 109 Å². The predicted molar refractivity (Wildman–Crippen MR) is 68.9 cm³/mol. The van der Waals surface area contributed by atoms with Gasteiger partial charge in [0.15, 0.2) is 0 Å². The van der Waals surface area contributed by atoms with Crippen LogP contribution in [0.3, 0.4) is 0 Å². The van der Waals surface area contributed by atoms with E-state index in [2.05, 4.69) is 6.07 Å². The Balaban J connectivity index is 2.34. The number of hydrogen-bond acceptors (Lipinski definition) is 4. The Morgan fingerprint density at radius 2 is 2.11 bits per heavy atom. The molecule has 0 saturated carbocycles. The van der Waals surface area contributed by atoms with Crippen LogP contribution in [0.1, 0.15) is 19.8 Å². The standard InChI is InChI=1S/C13H23N3O2/c1-13(11-14)4-6-16(7-5-13)12(17)10-15(2)8-9-18-3/h4-10H2,1-3H3. The molecule has 5 nitrogen and oxygen atoms in total. The van der Waals surface area contributed by atoms with E-state index in [4.69, 9.17) is 10.00 Å². The summed E-state index contributed by atoms with van der Waals surface area (Å²) in [6, 6.07) is 2.34. The van der Waals surface area contributed by atoms with Gasteiger partial charge < -0.3 is 9.64 Å². The van der Waals surface area contributed by atoms with Gasteiger partial charge in [0, 0.05) is 26.7 Å². The zero-order valence-corrected chi connectivity index (χ0v) is 11.6. The van der Waals surface area contributed by atoms with Crippen LogP contribution in [0.5, 0.6) is 0 Å². The van der Waals surface area contributed by atoms with Crippen LogP contribution in [0.4, 0.5) is 0 Å². The van der Waals surface area contributed by atoms with E-state index >= 15 is 0 Å². The molecule has 0 atom stereocenters. The first-order valence-electron chi connectivity index (χ1n) is 6.37. The highest BCUT2D eigenvalue weighted by molar-refractivity contribution is 5.78. The average molecular weight is 253 g/mol. The molecule has 0 aliphatic carbocycles. The SMILES string of the molecule is COCCN(C)CC(=O)N1CCC(C)(C#N)CC1. The summed E-state index contributed by atoms with van der Waals surface area (Å²) in [7, 11) is 3.57. The molecule has 5 heteroatoms. The lowest BCUT2D eigenvalue weighted by atomic mass is 9.82. The maximum Gasteiger partial charge on any atom is 0.236 e. The van der Waals surface area contributed by atoms with Crippen molar-refractivity contribution >= 4 is 5.91 Å². The number of rotatable bonds is 5. The fourth-order valence-electron chi connectivity index (χ4n) is 2.02. The van der Waals surface area contributed by atoms with Gasteiger partial charge in [0.1, 0.15) is 0 Å². The van der Waals surface area contributed by atoms with Crippen molar-refractivity contribution in [1.82, 2.24) is 9.80 Å². The Hall–Kier alpha value is -1.12. The Bertz CT molecular complexity index is 317. The average Bonchev–Trinajstić information content (AvgIpc) is 2.37. The molecule has 1 saturated heterocycles. The first-order valence-corrected chi connectivity index (χ1v) is 6.37. The van der Waals surface area contributed by atoms with Crippen molar-refractivity contribution in [1.29, 1.82) is 5.26 Å². The van der Waals surface area contributed by atoms with Crippen LogP contribution in [0, 0.1) is 16.7 Å². The normalized spacial score (nSPS) is 18.7. The largest absolute Gasteiger partial charge is 0.383 e. The number of hydrogen-bond donors (Lipinski definition) is 0. The summed E-state index contributed by atoms with van der Waals surface area (Å²) >= 11 is 0. The lowest BCUT2D eigenvalue weighted by Crippen LogP contribution is -2.45. The summed E-state index contributed by atoms with van der Waals surface area (Å²) in [5.74, 6) is 0.147. The number of nitrogens with zero attached hydrogens (tertiary/aromatic N) is 3. The predicted octanol–water partition coefficient (Wildman–Crippen LogP) is 0.717. The van der Waals surface area contributed by atoms with Gasteiger partial charge in [-0.05, 0) is 26.8 Å². The van der Waals surface area contributed by atoms with E-state index in [0.29, 0.717) is 26.2 Å². The van der Waals surface area contributed by atoms with Crippen molar-refractivity contribution in [3.05, 3.63) is 0 Å². The quantitative estimate of drug-likeness (QED) is 0.724. The number of carbonyl (C=O) groups is 1. The molecule has 0 radical (unpaired) electrons. The summed E-state index contributed by atoms with van der Waals surface area (Å²) in [5.41, 5.74) is -0.251. The number of likely N-dealkylation sites (tertiary alicyclic amines) is 1. The minimum absolute atomic E-state index is 0.147. The van der Waals surface area contributed by atoms with Crippen molar-refractivity contribution in [2.75, 3.05) is 46.9 Å². The fraction of sp³-hybridized carbons (Fsp3) is 0.846. The molecule has 0 aromatic rings. The van der Waals surface area contributed by atoms with Gasteiger partial charge in [-0.3, -0.25) is 9.69 Å². The first kappa shape index (κ1) is 14.9. The van der Waals surface area contributed by atoms with E-state index in [1.807, 2.05) is 23.8 Å². The van der Waals surface area contributed by atoms with Gasteiger partial charge in [-0.25, -0.2) is 0 Å². The minimum atomic E-state index is -0.251. The van der Waals surface area contributed by atoms with Crippen LogP contribution >= 0.6 is 0 Å². The van der Waals surface area contributed by atoms with Crippen LogP contribution in [-0.2, 0) is 9.53 Å². The van der Waals surface area contributed by atoms with Crippen LogP contribution in [-0.4, -0.2) is 62.7 Å². The van der Waals surface area contributed by atoms with Gasteiger partial charge in [0.25, 0.3) is 0 Å². The first-order chi connectivity index (χ1) is 8.50. The van der Waals surface area contributed by atoms with Crippen molar-refractivity contribution in [2.45, 2.75) is 19.8 Å². The molecule has 0 bridgehead atoms. The van der Waals surface area contributed by atoms with E-state index in [1.165, 1.54) is 0 Å². The highest BCUT2D eigenvalue weighted by Crippen LogP contribution is 2.29. The smallest absolute Gasteiger partial charge is 0.236 e. The number of likely N-dealkylation sites (N-methyl/N-ethyl adjacent to an activating group) is 1. The van der Waals surface area contributed by atoms with Crippen molar-refractivity contribution in [3.63, 3.8) is 0 Å². The van der Waals surface area contributed by atoms with Crippen LogP contribution in [0.25, 0.3) is 0 Å². The second-order valence-corrected chi connectivity index (χ2v) is 5.28. The van der Waals surface area contributed by atoms with Gasteiger partial charge in [-0.1, -0.05) is 0 Å². The van der Waals surface area contributed by atoms with Gasteiger partial charge in [0.2, 0.25) is 5.91 Å². The van der Waals surface area contributed by atoms with Crippen molar-refractivity contribution < 1.29 is 9.53 Å². The van der Waals surface area contributed by atoms with Crippen molar-refractivity contribution in [2.24, 2.45) is 5.41 Å². The zero-order valence-electron chi connectivity index (χ0n) is 11.6. The Morgan fingerprint density at radius 3 is 2.61 bits per heavy atom. The lowest BCUT2D eigenvalue weighted by molar-refractivity contribution is -0.134. The zero-order chi connectivity index (χ0) is 13.6. The van der Waals surface area contributed by atoms with E-state index in [-0.39, 0.29) is 11.3 Å². The molecule has 1 aliphatic rings. The van der Waals surface area contributed by atoms with Gasteiger partial charge in [0.05, 0.1) is 24.6 Å². The summed E-state index contributed by atoms with van der Waals surface area (Å²) in [4.78, 5) is 15.9. The molecule has 0 spiro atoms. The third-order valence-electron chi connectivity index (χ3n) is 3.57. The monoisotopic (exact) mass is 253 g/mol. The fourth-order valence-corrected chi connectivity index (χ4v) is 2.02. The second-order valence-electron chi connectivity index (χ2n) is 5.28. The molecule has 18 heavy (non-hydrogen) atoms. The number of amides is 1. The van der Waals surface area contributed by atoms with Crippen LogP contribution in [0.2, 0.25) is 0 Å². The molecular weight excluding hydrogens is 230 g/mol. The number of carbonyl (C=O) groups excluding carboxylic acids is 1. The van der Waals surface area contributed by atoms with Gasteiger partial charge >= 0.3 is 0 Å². The molecule has 0 aromatic carbocycles. The topological polar surface area (TPSA) is 56.6 Å². The van der Waals surface area contributed by atoms with E-state index in [1.54, 1.807) is 7.11 Å². The second kappa shape index (κ2) is 6.72. The molecule has 102 valence electrons. The molecule has 1 fully saturated rings. The summed E-state index contributed by atoms with van der Waals surface area (Å²) < 4.78 is 4.98. The molecule has 0 aromatic heterocycles. The van der Waals surface area contributed by atoms with Gasteiger partial charge in [-0.2, -0.15) is 5.26 Å². The molecule has 0 N–H and O–H groups in total. The minimum Gasteiger partial charge on any atom is -0.383 e. The van der Waals surface area contributed by atoms with E-state index in [9.17, 15) is 4.79 Å². The van der Waals surface area contributed by atoms with E-state index in [0.717, 1.165) is 19.4 Å². The summed E-state index contributed by atoms with van der Waals surface area (Å²) in [5, 5.41) is 9.04. The maximum absolute atomic E-state index is 12.0. The van der Waals surface area contributed by atoms with Gasteiger partial charge in [-0.15, -0.1) is 0 Å². The molecule has 1 amide bonds. The molecule has 0 unspecified atom stereocenters. The third kappa shape index (κ3) is 4.28. The number of nitriles is 1. The molecular formula is C13H23N3O2. The van der Waals surface area contributed by atoms with E-state index < -0.39 is 0 Å². The molecule has 1 rings (SSSR count). The number of methoxy groups -OCH3 is 1. The highest BCUT2D eigenvalue weighted by atomic mass is 16.5. The van der Waals surface area contributed by atoms with Crippen molar-refractivity contribution in [3.8, 4) is 6.07 Å². The number of ether oxygens (including phenoxy) is 1. The lowest BCUT2D eigenvalue weighted by Gasteiger charge is -2.35. The summed E-state index contributed by atoms with van der Waals surface area (Å²) in [6.45, 7) is 5.18. The molecule has 1 heterocycles.